The lowest BCUT2D eigenvalue weighted by Gasteiger charge is -2.20. The fourth-order valence-corrected chi connectivity index (χ4v) is 2.55. The molecule has 3 atom stereocenters. The molecule has 3 N–H and O–H groups in total. The van der Waals surface area contributed by atoms with Gasteiger partial charge in [-0.1, -0.05) is 13.8 Å². The molecule has 19 heavy (non-hydrogen) atoms. The fraction of sp³-hybridized carbons (Fsp3) is 0.500. The first kappa shape index (κ1) is 13.8. The van der Waals surface area contributed by atoms with Crippen molar-refractivity contribution < 1.29 is 13.6 Å². The highest BCUT2D eigenvalue weighted by atomic mass is 19.1. The van der Waals surface area contributed by atoms with Crippen molar-refractivity contribution in [3.63, 3.8) is 0 Å². The molecule has 0 radical (unpaired) electrons. The van der Waals surface area contributed by atoms with E-state index in [1.54, 1.807) is 0 Å². The first-order chi connectivity index (χ1) is 8.90. The van der Waals surface area contributed by atoms with Crippen LogP contribution in [0.5, 0.6) is 0 Å². The first-order valence-electron chi connectivity index (χ1n) is 6.45. The van der Waals surface area contributed by atoms with Crippen LogP contribution in [-0.4, -0.2) is 11.9 Å². The number of amides is 1. The molecule has 1 aromatic carbocycles. The van der Waals surface area contributed by atoms with Crippen LogP contribution in [0, 0.1) is 23.5 Å². The van der Waals surface area contributed by atoms with Crippen molar-refractivity contribution in [3.8, 4) is 0 Å². The summed E-state index contributed by atoms with van der Waals surface area (Å²) in [4.78, 5) is 12.0. The van der Waals surface area contributed by atoms with Gasteiger partial charge >= 0.3 is 0 Å². The number of anilines is 1. The van der Waals surface area contributed by atoms with Crippen molar-refractivity contribution >= 4 is 11.6 Å². The van der Waals surface area contributed by atoms with E-state index in [2.05, 4.69) is 19.2 Å². The molecule has 3 unspecified atom stereocenters. The summed E-state index contributed by atoms with van der Waals surface area (Å²) in [5.41, 5.74) is 4.94. The number of halogens is 2. The molecular formula is C14H18F2N2O. The maximum absolute atomic E-state index is 13.6. The van der Waals surface area contributed by atoms with Crippen LogP contribution in [-0.2, 0) is 0 Å². The summed E-state index contributed by atoms with van der Waals surface area (Å²) in [5, 5.41) is 2.81. The third-order valence-corrected chi connectivity index (χ3v) is 4.11. The van der Waals surface area contributed by atoms with E-state index in [0.29, 0.717) is 17.9 Å². The van der Waals surface area contributed by atoms with Gasteiger partial charge in [0.15, 0.2) is 0 Å². The second-order valence-corrected chi connectivity index (χ2v) is 5.35. The number of carbonyl (C=O) groups is 1. The molecule has 1 amide bonds. The topological polar surface area (TPSA) is 55.1 Å². The van der Waals surface area contributed by atoms with Gasteiger partial charge in [0, 0.05) is 12.1 Å². The molecule has 1 fully saturated rings. The first-order valence-corrected chi connectivity index (χ1v) is 6.45. The van der Waals surface area contributed by atoms with E-state index in [1.165, 1.54) is 0 Å². The lowest BCUT2D eigenvalue weighted by atomic mass is 9.97. The van der Waals surface area contributed by atoms with Crippen LogP contribution in [0.1, 0.15) is 37.0 Å². The zero-order valence-electron chi connectivity index (χ0n) is 11.0. The second kappa shape index (κ2) is 5.15. The molecule has 1 aliphatic carbocycles. The van der Waals surface area contributed by atoms with E-state index in [-0.39, 0.29) is 17.3 Å². The van der Waals surface area contributed by atoms with Gasteiger partial charge in [-0.3, -0.25) is 4.79 Å². The number of nitrogen functional groups attached to an aromatic ring is 1. The zero-order chi connectivity index (χ0) is 14.2. The molecule has 1 aliphatic rings. The Hall–Kier alpha value is -1.65. The highest BCUT2D eigenvalue weighted by molar-refractivity contribution is 5.95. The Balaban J connectivity index is 2.15. The van der Waals surface area contributed by atoms with Crippen LogP contribution in [0.3, 0.4) is 0 Å². The van der Waals surface area contributed by atoms with Crippen LogP contribution in [0.2, 0.25) is 0 Å². The van der Waals surface area contributed by atoms with Gasteiger partial charge in [-0.05, 0) is 30.7 Å². The van der Waals surface area contributed by atoms with Gasteiger partial charge < -0.3 is 11.1 Å². The summed E-state index contributed by atoms with van der Waals surface area (Å²) in [7, 11) is 0. The van der Waals surface area contributed by atoms with Crippen molar-refractivity contribution in [2.24, 2.45) is 11.8 Å². The number of nitrogens with two attached hydrogens (primary N) is 1. The Labute approximate surface area is 111 Å². The van der Waals surface area contributed by atoms with Gasteiger partial charge in [-0.2, -0.15) is 0 Å². The molecule has 5 heteroatoms. The highest BCUT2D eigenvalue weighted by Crippen LogP contribution is 2.31. The Morgan fingerprint density at radius 3 is 2.53 bits per heavy atom. The minimum Gasteiger partial charge on any atom is -0.396 e. The lowest BCUT2D eigenvalue weighted by molar-refractivity contribution is 0.0923. The van der Waals surface area contributed by atoms with E-state index in [0.717, 1.165) is 18.9 Å². The average molecular weight is 268 g/mol. The van der Waals surface area contributed by atoms with Gasteiger partial charge in [-0.25, -0.2) is 8.78 Å². The average Bonchev–Trinajstić information content (AvgIpc) is 2.65. The summed E-state index contributed by atoms with van der Waals surface area (Å²) in [6.07, 6.45) is 1.92. The van der Waals surface area contributed by atoms with Crippen LogP contribution in [0.15, 0.2) is 12.1 Å². The van der Waals surface area contributed by atoms with E-state index in [9.17, 15) is 13.6 Å². The summed E-state index contributed by atoms with van der Waals surface area (Å²) in [6, 6.07) is 1.72. The smallest absolute Gasteiger partial charge is 0.254 e. The van der Waals surface area contributed by atoms with Crippen LogP contribution in [0.4, 0.5) is 14.5 Å². The maximum Gasteiger partial charge on any atom is 0.254 e. The standard InChI is InChI=1S/C14H18F2N2O/c1-7-3-4-13(8(7)2)18-14(19)9-5-12(17)11(16)6-10(9)15/h5-8,13H,3-4,17H2,1-2H3,(H,18,19). The van der Waals surface area contributed by atoms with E-state index in [1.807, 2.05) is 0 Å². The Morgan fingerprint density at radius 1 is 1.26 bits per heavy atom. The normalized spacial score (nSPS) is 26.4. The predicted octanol–water partition coefficient (Wildman–Crippen LogP) is 2.71. The predicted molar refractivity (Wildman–Crippen MR) is 69.6 cm³/mol. The minimum absolute atomic E-state index is 0.0353. The van der Waals surface area contributed by atoms with Gasteiger partial charge in [0.05, 0.1) is 11.3 Å². The third kappa shape index (κ3) is 2.69. The van der Waals surface area contributed by atoms with Gasteiger partial charge in [-0.15, -0.1) is 0 Å². The van der Waals surface area contributed by atoms with E-state index >= 15 is 0 Å². The summed E-state index contributed by atoms with van der Waals surface area (Å²) in [6.45, 7) is 4.20. The molecule has 0 aliphatic heterocycles. The minimum atomic E-state index is -0.886. The van der Waals surface area contributed by atoms with Crippen molar-refractivity contribution in [3.05, 3.63) is 29.3 Å². The van der Waals surface area contributed by atoms with Crippen molar-refractivity contribution in [2.75, 3.05) is 5.73 Å². The van der Waals surface area contributed by atoms with Gasteiger partial charge in [0.1, 0.15) is 11.6 Å². The largest absolute Gasteiger partial charge is 0.396 e. The molecule has 0 aromatic heterocycles. The number of hydrogen-bond acceptors (Lipinski definition) is 2. The molecule has 0 spiro atoms. The van der Waals surface area contributed by atoms with Crippen molar-refractivity contribution in [1.29, 1.82) is 0 Å². The molecule has 1 aromatic rings. The third-order valence-electron chi connectivity index (χ3n) is 4.11. The quantitative estimate of drug-likeness (QED) is 0.810. The highest BCUT2D eigenvalue weighted by Gasteiger charge is 2.31. The lowest BCUT2D eigenvalue weighted by Crippen LogP contribution is -2.37. The monoisotopic (exact) mass is 268 g/mol. The molecule has 0 saturated heterocycles. The van der Waals surface area contributed by atoms with Crippen molar-refractivity contribution in [2.45, 2.75) is 32.7 Å². The zero-order valence-corrected chi connectivity index (χ0v) is 11.0. The van der Waals surface area contributed by atoms with E-state index < -0.39 is 17.5 Å². The number of nitrogens with one attached hydrogen (secondary N) is 1. The number of rotatable bonds is 2. The van der Waals surface area contributed by atoms with Crippen LogP contribution >= 0.6 is 0 Å². The summed E-state index contributed by atoms with van der Waals surface area (Å²) in [5.74, 6) is -1.38. The van der Waals surface area contributed by atoms with Crippen LogP contribution in [0.25, 0.3) is 0 Å². The van der Waals surface area contributed by atoms with Gasteiger partial charge in [0.2, 0.25) is 0 Å². The van der Waals surface area contributed by atoms with Gasteiger partial charge in [0.25, 0.3) is 5.91 Å². The Bertz CT molecular complexity index is 504. The van der Waals surface area contributed by atoms with E-state index in [4.69, 9.17) is 5.73 Å². The fourth-order valence-electron chi connectivity index (χ4n) is 2.55. The molecule has 1 saturated carbocycles. The number of benzene rings is 1. The number of hydrogen-bond donors (Lipinski definition) is 2. The Morgan fingerprint density at radius 2 is 1.95 bits per heavy atom. The molecule has 104 valence electrons. The number of carbonyl (C=O) groups excluding carboxylic acids is 1. The molecule has 0 bridgehead atoms. The summed E-state index contributed by atoms with van der Waals surface area (Å²) >= 11 is 0. The maximum atomic E-state index is 13.6. The Kier molecular flexibility index (Phi) is 3.73. The molecular weight excluding hydrogens is 250 g/mol. The van der Waals surface area contributed by atoms with Crippen LogP contribution < -0.4 is 11.1 Å². The summed E-state index contributed by atoms with van der Waals surface area (Å²) < 4.78 is 26.6. The SMILES string of the molecule is CC1CCC(NC(=O)c2cc(N)c(F)cc2F)C1C. The molecule has 3 nitrogen and oxygen atoms in total. The van der Waals surface area contributed by atoms with Crippen molar-refractivity contribution in [1.82, 2.24) is 5.32 Å². The second-order valence-electron chi connectivity index (χ2n) is 5.35. The molecule has 2 rings (SSSR count). The molecule has 0 heterocycles.